The summed E-state index contributed by atoms with van der Waals surface area (Å²) < 4.78 is 24.1. The van der Waals surface area contributed by atoms with Crippen LogP contribution in [0.5, 0.6) is 0 Å². The third-order valence-electron chi connectivity index (χ3n) is 3.24. The summed E-state index contributed by atoms with van der Waals surface area (Å²) >= 11 is 3.34. The molecule has 0 spiro atoms. The summed E-state index contributed by atoms with van der Waals surface area (Å²) in [6.07, 6.45) is 0.577. The van der Waals surface area contributed by atoms with Gasteiger partial charge in [0, 0.05) is 28.8 Å². The molecule has 0 amide bonds. The zero-order valence-corrected chi connectivity index (χ0v) is 13.2. The monoisotopic (exact) mass is 361 g/mol. The van der Waals surface area contributed by atoms with E-state index in [0.29, 0.717) is 25.1 Å². The van der Waals surface area contributed by atoms with Crippen molar-refractivity contribution in [3.63, 3.8) is 0 Å². The number of rotatable bonds is 2. The van der Waals surface area contributed by atoms with Crippen LogP contribution >= 0.6 is 15.9 Å². The van der Waals surface area contributed by atoms with Gasteiger partial charge in [0.05, 0.1) is 11.5 Å². The van der Waals surface area contributed by atoms with Gasteiger partial charge in [-0.2, -0.15) is 0 Å². The van der Waals surface area contributed by atoms with Gasteiger partial charge in [-0.25, -0.2) is 8.42 Å². The zero-order chi connectivity index (χ0) is 14.8. The Hall–Kier alpha value is -1.28. The van der Waals surface area contributed by atoms with Gasteiger partial charge in [0.2, 0.25) is 0 Å². The minimum absolute atomic E-state index is 0.00778. The fourth-order valence-corrected chi connectivity index (χ4v) is 3.86. The third-order valence-corrected chi connectivity index (χ3v) is 5.45. The van der Waals surface area contributed by atoms with Gasteiger partial charge in [0.25, 0.3) is 0 Å². The summed E-state index contributed by atoms with van der Waals surface area (Å²) in [6.45, 7) is 1.04. The number of amidine groups is 1. The van der Waals surface area contributed by atoms with Gasteiger partial charge in [0.15, 0.2) is 15.7 Å². The molecule has 1 heterocycles. The minimum Gasteiger partial charge on any atom is -0.409 e. The van der Waals surface area contributed by atoms with Crippen LogP contribution in [0.1, 0.15) is 12.0 Å². The highest BCUT2D eigenvalue weighted by Gasteiger charge is 2.21. The van der Waals surface area contributed by atoms with Crippen LogP contribution in [0, 0.1) is 0 Å². The largest absolute Gasteiger partial charge is 0.409 e. The van der Waals surface area contributed by atoms with Crippen molar-refractivity contribution in [1.29, 1.82) is 0 Å². The maximum atomic E-state index is 11.7. The molecule has 0 atom stereocenters. The molecule has 0 unspecified atom stereocenters. The molecule has 6 nitrogen and oxygen atoms in total. The molecule has 1 aliphatic heterocycles. The maximum Gasteiger partial charge on any atom is 0.172 e. The number of hydrogen-bond acceptors (Lipinski definition) is 5. The van der Waals surface area contributed by atoms with Crippen molar-refractivity contribution in [3.8, 4) is 0 Å². The molecule has 1 saturated heterocycles. The van der Waals surface area contributed by atoms with E-state index < -0.39 is 9.84 Å². The van der Waals surface area contributed by atoms with E-state index >= 15 is 0 Å². The lowest BCUT2D eigenvalue weighted by molar-refractivity contribution is 0.318. The Morgan fingerprint density at radius 1 is 1.35 bits per heavy atom. The predicted octanol–water partition coefficient (Wildman–Crippen LogP) is 1.17. The number of benzene rings is 1. The Bertz CT molecular complexity index is 631. The Morgan fingerprint density at radius 3 is 2.80 bits per heavy atom. The normalized spacial score (nSPS) is 19.6. The van der Waals surface area contributed by atoms with E-state index in [1.54, 1.807) is 6.07 Å². The van der Waals surface area contributed by atoms with Crippen LogP contribution in [-0.2, 0) is 9.84 Å². The van der Waals surface area contributed by atoms with E-state index in [4.69, 9.17) is 10.9 Å². The second kappa shape index (κ2) is 6.01. The number of nitrogens with zero attached hydrogens (tertiary/aromatic N) is 2. The number of oxime groups is 1. The van der Waals surface area contributed by atoms with Gasteiger partial charge in [-0.1, -0.05) is 21.1 Å². The van der Waals surface area contributed by atoms with E-state index in [9.17, 15) is 8.42 Å². The van der Waals surface area contributed by atoms with Crippen LogP contribution < -0.4 is 10.6 Å². The molecule has 0 radical (unpaired) electrons. The highest BCUT2D eigenvalue weighted by atomic mass is 79.9. The summed E-state index contributed by atoms with van der Waals surface area (Å²) in [4.78, 5) is 1.96. The molecule has 1 aliphatic rings. The van der Waals surface area contributed by atoms with Crippen LogP contribution in [0.3, 0.4) is 0 Å². The minimum atomic E-state index is -2.97. The molecule has 0 bridgehead atoms. The average Bonchev–Trinajstić information content (AvgIpc) is 2.59. The fraction of sp³-hybridized carbons (Fsp3) is 0.417. The van der Waals surface area contributed by atoms with Gasteiger partial charge < -0.3 is 15.8 Å². The number of halogens is 1. The molecular weight excluding hydrogens is 346 g/mol. The Labute approximate surface area is 126 Å². The molecule has 0 aromatic heterocycles. The molecule has 20 heavy (non-hydrogen) atoms. The van der Waals surface area contributed by atoms with Crippen molar-refractivity contribution in [2.45, 2.75) is 6.42 Å². The average molecular weight is 362 g/mol. The SMILES string of the molecule is N/C(=N/O)c1cc(Br)ccc1N1CCCS(=O)(=O)CC1. The molecular formula is C12H16BrN3O3S. The number of nitrogens with two attached hydrogens (primary N) is 1. The first kappa shape index (κ1) is 15.1. The first-order chi connectivity index (χ1) is 9.43. The first-order valence-electron chi connectivity index (χ1n) is 6.16. The van der Waals surface area contributed by atoms with Crippen LogP contribution in [0.4, 0.5) is 5.69 Å². The highest BCUT2D eigenvalue weighted by Crippen LogP contribution is 2.26. The molecule has 1 aromatic rings. The Morgan fingerprint density at radius 2 is 2.10 bits per heavy atom. The lowest BCUT2D eigenvalue weighted by atomic mass is 10.1. The van der Waals surface area contributed by atoms with Crippen molar-refractivity contribution >= 4 is 37.3 Å². The van der Waals surface area contributed by atoms with E-state index in [-0.39, 0.29) is 17.3 Å². The number of anilines is 1. The van der Waals surface area contributed by atoms with E-state index in [1.807, 2.05) is 17.0 Å². The van der Waals surface area contributed by atoms with Crippen LogP contribution in [0.2, 0.25) is 0 Å². The van der Waals surface area contributed by atoms with Crippen molar-refractivity contribution in [1.82, 2.24) is 0 Å². The number of hydrogen-bond donors (Lipinski definition) is 2. The quantitative estimate of drug-likeness (QED) is 0.356. The molecule has 0 saturated carbocycles. The topological polar surface area (TPSA) is 96.0 Å². The number of sulfone groups is 1. The van der Waals surface area contributed by atoms with Gasteiger partial charge in [0.1, 0.15) is 0 Å². The lowest BCUT2D eigenvalue weighted by Crippen LogP contribution is -2.29. The molecule has 0 aliphatic carbocycles. The summed E-state index contributed by atoms with van der Waals surface area (Å²) in [7, 11) is -2.97. The van der Waals surface area contributed by atoms with Gasteiger partial charge in [-0.3, -0.25) is 0 Å². The lowest BCUT2D eigenvalue weighted by Gasteiger charge is -2.24. The van der Waals surface area contributed by atoms with Gasteiger partial charge >= 0.3 is 0 Å². The Kier molecular flexibility index (Phi) is 4.54. The smallest absolute Gasteiger partial charge is 0.172 e. The van der Waals surface area contributed by atoms with E-state index in [2.05, 4.69) is 21.1 Å². The van der Waals surface area contributed by atoms with Crippen LogP contribution in [-0.4, -0.2) is 44.1 Å². The van der Waals surface area contributed by atoms with Crippen molar-refractivity contribution in [3.05, 3.63) is 28.2 Å². The van der Waals surface area contributed by atoms with Gasteiger partial charge in [-0.05, 0) is 24.6 Å². The standard InChI is InChI=1S/C12H16BrN3O3S/c13-9-2-3-11(10(8-9)12(14)15-17)16-4-1-6-20(18,19)7-5-16/h2-3,8,17H,1,4-7H2,(H2,14,15). The van der Waals surface area contributed by atoms with E-state index in [0.717, 1.165) is 10.2 Å². The van der Waals surface area contributed by atoms with Gasteiger partial charge in [-0.15, -0.1) is 0 Å². The fourth-order valence-electron chi connectivity index (χ4n) is 2.22. The second-order valence-corrected chi connectivity index (χ2v) is 7.86. The van der Waals surface area contributed by atoms with E-state index in [1.165, 1.54) is 0 Å². The highest BCUT2D eigenvalue weighted by molar-refractivity contribution is 9.10. The third kappa shape index (κ3) is 3.43. The molecule has 1 fully saturated rings. The molecule has 1 aromatic carbocycles. The summed E-state index contributed by atoms with van der Waals surface area (Å²) in [6, 6.07) is 5.45. The molecule has 8 heteroatoms. The first-order valence-corrected chi connectivity index (χ1v) is 8.77. The summed E-state index contributed by atoms with van der Waals surface area (Å²) in [5, 5.41) is 11.9. The van der Waals surface area contributed by atoms with Crippen molar-refractivity contribution in [2.24, 2.45) is 10.9 Å². The predicted molar refractivity (Wildman–Crippen MR) is 82.1 cm³/mol. The molecule has 3 N–H and O–H groups in total. The molecule has 110 valence electrons. The summed E-state index contributed by atoms with van der Waals surface area (Å²) in [5.74, 6) is 0.339. The Balaban J connectivity index is 2.37. The second-order valence-electron chi connectivity index (χ2n) is 4.64. The molecule has 2 rings (SSSR count). The maximum absolute atomic E-state index is 11.7. The van der Waals surface area contributed by atoms with Crippen molar-refractivity contribution < 1.29 is 13.6 Å². The van der Waals surface area contributed by atoms with Crippen LogP contribution in [0.15, 0.2) is 27.8 Å². The van der Waals surface area contributed by atoms with Crippen LogP contribution in [0.25, 0.3) is 0 Å². The zero-order valence-electron chi connectivity index (χ0n) is 10.8. The van der Waals surface area contributed by atoms with Crippen molar-refractivity contribution in [2.75, 3.05) is 29.5 Å². The summed E-state index contributed by atoms with van der Waals surface area (Å²) in [5.41, 5.74) is 7.06.